The highest BCUT2D eigenvalue weighted by molar-refractivity contribution is 9.10. The molecule has 5 nitrogen and oxygen atoms in total. The Labute approximate surface area is 183 Å². The summed E-state index contributed by atoms with van der Waals surface area (Å²) < 4.78 is 0.910. The first-order valence-electron chi connectivity index (χ1n) is 9.89. The average molecular weight is 472 g/mol. The lowest BCUT2D eigenvalue weighted by Crippen LogP contribution is -2.55. The first-order chi connectivity index (χ1) is 14.1. The van der Waals surface area contributed by atoms with E-state index in [4.69, 9.17) is 0 Å². The summed E-state index contributed by atoms with van der Waals surface area (Å²) in [5.41, 5.74) is 1.76. The number of halogens is 1. The van der Waals surface area contributed by atoms with Crippen molar-refractivity contribution in [1.82, 2.24) is 4.90 Å². The van der Waals surface area contributed by atoms with Crippen molar-refractivity contribution in [1.29, 1.82) is 0 Å². The molecule has 7 heteroatoms. The Morgan fingerprint density at radius 2 is 2.10 bits per heavy atom. The number of amides is 2. The van der Waals surface area contributed by atoms with Gasteiger partial charge in [0.15, 0.2) is 0 Å². The van der Waals surface area contributed by atoms with E-state index in [0.717, 1.165) is 33.0 Å². The second-order valence-electron chi connectivity index (χ2n) is 7.74. The average Bonchev–Trinajstić information content (AvgIpc) is 3.35. The lowest BCUT2D eigenvalue weighted by molar-refractivity contribution is -0.136. The molecule has 0 aromatic heterocycles. The van der Waals surface area contributed by atoms with E-state index in [1.807, 2.05) is 72.1 Å². The van der Waals surface area contributed by atoms with Crippen LogP contribution in [0.1, 0.15) is 18.9 Å². The predicted molar refractivity (Wildman–Crippen MR) is 120 cm³/mol. The van der Waals surface area contributed by atoms with E-state index in [1.165, 1.54) is 0 Å². The van der Waals surface area contributed by atoms with Gasteiger partial charge in [-0.05, 0) is 37.6 Å². The van der Waals surface area contributed by atoms with E-state index in [1.54, 1.807) is 0 Å². The van der Waals surface area contributed by atoms with Crippen LogP contribution in [0.25, 0.3) is 0 Å². The fourth-order valence-electron chi connectivity index (χ4n) is 5.19. The fourth-order valence-corrected chi connectivity index (χ4v) is 6.90. The second-order valence-corrected chi connectivity index (χ2v) is 9.66. The molecular formula is C22H22BrN3O2S. The molecule has 1 N–H and O–H groups in total. The number of carbonyl (C=O) groups excluding carboxylic acids is 2. The van der Waals surface area contributed by atoms with Gasteiger partial charge >= 0.3 is 0 Å². The van der Waals surface area contributed by atoms with Gasteiger partial charge in [-0.3, -0.25) is 14.5 Å². The van der Waals surface area contributed by atoms with Gasteiger partial charge in [-0.25, -0.2) is 0 Å². The van der Waals surface area contributed by atoms with Crippen LogP contribution in [0.5, 0.6) is 0 Å². The van der Waals surface area contributed by atoms with Crippen molar-refractivity contribution in [3.8, 4) is 0 Å². The van der Waals surface area contributed by atoms with Crippen LogP contribution in [-0.2, 0) is 15.1 Å². The van der Waals surface area contributed by atoms with Crippen molar-refractivity contribution < 1.29 is 9.59 Å². The maximum absolute atomic E-state index is 13.9. The Kier molecular flexibility index (Phi) is 4.72. The number of carbonyl (C=O) groups is 2. The summed E-state index contributed by atoms with van der Waals surface area (Å²) >= 11 is 5.31. The molecule has 0 saturated carbocycles. The van der Waals surface area contributed by atoms with E-state index in [-0.39, 0.29) is 17.9 Å². The van der Waals surface area contributed by atoms with Gasteiger partial charge in [0.2, 0.25) is 5.91 Å². The third-order valence-corrected chi connectivity index (χ3v) is 7.92. The molecule has 150 valence electrons. The monoisotopic (exact) mass is 471 g/mol. The topological polar surface area (TPSA) is 52.7 Å². The maximum Gasteiger partial charge on any atom is 0.253 e. The van der Waals surface area contributed by atoms with Gasteiger partial charge in [-0.2, -0.15) is 0 Å². The zero-order valence-electron chi connectivity index (χ0n) is 16.1. The molecule has 3 atom stereocenters. The van der Waals surface area contributed by atoms with Gasteiger partial charge in [-0.1, -0.05) is 40.2 Å². The summed E-state index contributed by atoms with van der Waals surface area (Å²) in [5, 5.41) is 3.08. The molecule has 2 saturated heterocycles. The van der Waals surface area contributed by atoms with Gasteiger partial charge in [0.05, 0.1) is 5.92 Å². The summed E-state index contributed by atoms with van der Waals surface area (Å²) in [5.74, 6) is 1.29. The first-order valence-corrected chi connectivity index (χ1v) is 11.8. The Morgan fingerprint density at radius 3 is 2.90 bits per heavy atom. The first kappa shape index (κ1) is 19.2. The minimum absolute atomic E-state index is 0.0422. The molecule has 5 rings (SSSR count). The molecule has 2 fully saturated rings. The van der Waals surface area contributed by atoms with E-state index in [9.17, 15) is 9.59 Å². The number of hydrogen-bond donors (Lipinski definition) is 1. The van der Waals surface area contributed by atoms with E-state index in [0.29, 0.717) is 13.0 Å². The van der Waals surface area contributed by atoms with Crippen molar-refractivity contribution >= 4 is 50.9 Å². The number of fused-ring (bicyclic) bond motifs is 4. The molecular weight excluding hydrogens is 450 g/mol. The third-order valence-electron chi connectivity index (χ3n) is 6.35. The lowest BCUT2D eigenvalue weighted by atomic mass is 9.79. The van der Waals surface area contributed by atoms with Crippen LogP contribution in [0, 0.1) is 5.92 Å². The molecule has 3 heterocycles. The van der Waals surface area contributed by atoms with Gasteiger partial charge < -0.3 is 10.2 Å². The van der Waals surface area contributed by atoms with Crippen molar-refractivity contribution in [2.24, 2.45) is 5.92 Å². The summed E-state index contributed by atoms with van der Waals surface area (Å²) in [6.45, 7) is 2.60. The molecule has 29 heavy (non-hydrogen) atoms. The van der Waals surface area contributed by atoms with Crippen molar-refractivity contribution in [2.45, 2.75) is 24.9 Å². The molecule has 0 bridgehead atoms. The van der Waals surface area contributed by atoms with E-state index < -0.39 is 11.5 Å². The Hall–Kier alpha value is -1.83. The molecule has 1 spiro atoms. The number of anilines is 2. The number of hydrogen-bond acceptors (Lipinski definition) is 4. The van der Waals surface area contributed by atoms with Crippen LogP contribution in [0.15, 0.2) is 53.0 Å². The van der Waals surface area contributed by atoms with Gasteiger partial charge in [0.1, 0.15) is 5.54 Å². The summed E-state index contributed by atoms with van der Waals surface area (Å²) in [4.78, 5) is 31.5. The van der Waals surface area contributed by atoms with E-state index in [2.05, 4.69) is 26.1 Å². The second kappa shape index (κ2) is 7.15. The number of nitrogens with zero attached hydrogens (tertiary/aromatic N) is 2. The molecule has 0 aliphatic carbocycles. The quantitative estimate of drug-likeness (QED) is 0.733. The number of benzene rings is 2. The molecule has 2 aromatic carbocycles. The van der Waals surface area contributed by atoms with Crippen LogP contribution < -0.4 is 10.2 Å². The molecule has 2 aromatic rings. The normalized spacial score (nSPS) is 28.1. The highest BCUT2D eigenvalue weighted by Crippen LogP contribution is 2.57. The highest BCUT2D eigenvalue weighted by Gasteiger charge is 2.67. The minimum atomic E-state index is -0.906. The summed E-state index contributed by atoms with van der Waals surface area (Å²) in [6, 6.07) is 15.8. The van der Waals surface area contributed by atoms with E-state index >= 15 is 0 Å². The zero-order valence-corrected chi connectivity index (χ0v) is 18.5. The fraction of sp³-hybridized carbons (Fsp3) is 0.364. The van der Waals surface area contributed by atoms with Crippen molar-refractivity contribution in [3.05, 3.63) is 58.6 Å². The molecule has 0 radical (unpaired) electrons. The number of likely N-dealkylation sites (N-methyl/N-ethyl adjacent to an activating group) is 1. The number of rotatable bonds is 3. The van der Waals surface area contributed by atoms with Crippen LogP contribution in [0.4, 0.5) is 11.4 Å². The SMILES string of the molecule is CCN1C(=O)C2(c3ccccc31)C(C(=O)Nc1cccc(Br)c1)CC1CSCN12. The zero-order chi connectivity index (χ0) is 20.2. The summed E-state index contributed by atoms with van der Waals surface area (Å²) in [7, 11) is 0. The largest absolute Gasteiger partial charge is 0.326 e. The van der Waals surface area contributed by atoms with Gasteiger partial charge in [0, 0.05) is 45.6 Å². The number of nitrogens with one attached hydrogen (secondary N) is 1. The molecule has 3 aliphatic heterocycles. The van der Waals surface area contributed by atoms with Gasteiger partial charge in [0.25, 0.3) is 5.91 Å². The maximum atomic E-state index is 13.9. The van der Waals surface area contributed by atoms with Crippen LogP contribution in [0.3, 0.4) is 0 Å². The summed E-state index contributed by atoms with van der Waals surface area (Å²) in [6.07, 6.45) is 0.699. The third kappa shape index (κ3) is 2.71. The van der Waals surface area contributed by atoms with Crippen LogP contribution in [0.2, 0.25) is 0 Å². The highest BCUT2D eigenvalue weighted by atomic mass is 79.9. The molecule has 3 unspecified atom stereocenters. The molecule has 2 amide bonds. The van der Waals surface area contributed by atoms with Crippen molar-refractivity contribution in [3.63, 3.8) is 0 Å². The van der Waals surface area contributed by atoms with Crippen LogP contribution in [-0.4, -0.2) is 40.9 Å². The Balaban J connectivity index is 1.61. The smallest absolute Gasteiger partial charge is 0.253 e. The van der Waals surface area contributed by atoms with Crippen molar-refractivity contribution in [2.75, 3.05) is 28.4 Å². The number of thioether (sulfide) groups is 1. The Morgan fingerprint density at radius 1 is 1.28 bits per heavy atom. The predicted octanol–water partition coefficient (Wildman–Crippen LogP) is 4.04. The van der Waals surface area contributed by atoms with Gasteiger partial charge in [-0.15, -0.1) is 11.8 Å². The Bertz CT molecular complexity index is 1000. The minimum Gasteiger partial charge on any atom is -0.326 e. The standard InChI is InChI=1S/C22H22BrN3O2S/c1-2-25-19-9-4-3-8-17(19)22(21(25)28)18(11-16-12-29-13-26(16)22)20(27)24-15-7-5-6-14(23)10-15/h3-10,16,18H,2,11-13H2,1H3,(H,24,27). The molecule has 3 aliphatic rings. The van der Waals surface area contributed by atoms with Crippen LogP contribution >= 0.6 is 27.7 Å². The number of para-hydroxylation sites is 1. The lowest BCUT2D eigenvalue weighted by Gasteiger charge is -2.36.